The third kappa shape index (κ3) is 2.08. The second kappa shape index (κ2) is 4.30. The molecule has 1 fully saturated rings. The van der Waals surface area contributed by atoms with Crippen molar-refractivity contribution >= 4 is 0 Å². The van der Waals surface area contributed by atoms with Crippen molar-refractivity contribution in [1.29, 1.82) is 0 Å². The van der Waals surface area contributed by atoms with Gasteiger partial charge < -0.3 is 5.32 Å². The molecule has 3 heterocycles. The van der Waals surface area contributed by atoms with E-state index in [0.717, 1.165) is 23.6 Å². The lowest BCUT2D eigenvalue weighted by atomic mass is 10.1. The Morgan fingerprint density at radius 3 is 2.94 bits per heavy atom. The summed E-state index contributed by atoms with van der Waals surface area (Å²) in [6, 6.07) is 6.73. The number of aromatic amines is 1. The minimum atomic E-state index is 0.483. The van der Waals surface area contributed by atoms with Crippen molar-refractivity contribution in [3.05, 3.63) is 35.7 Å². The SMILES string of the molecule is Cc1cc(-c2cc(C3CCCN3)ccn2)n[nH]1. The van der Waals surface area contributed by atoms with Crippen molar-refractivity contribution in [1.82, 2.24) is 20.5 Å². The fourth-order valence-electron chi connectivity index (χ4n) is 2.32. The number of pyridine rings is 1. The molecule has 88 valence electrons. The zero-order chi connectivity index (χ0) is 11.7. The summed E-state index contributed by atoms with van der Waals surface area (Å²) in [6.45, 7) is 3.11. The molecule has 0 saturated carbocycles. The summed E-state index contributed by atoms with van der Waals surface area (Å²) < 4.78 is 0. The summed E-state index contributed by atoms with van der Waals surface area (Å²) >= 11 is 0. The maximum atomic E-state index is 4.38. The number of nitrogens with zero attached hydrogens (tertiary/aromatic N) is 2. The normalized spacial score (nSPS) is 19.7. The highest BCUT2D eigenvalue weighted by molar-refractivity contribution is 5.55. The standard InChI is InChI=1S/C13H16N4/c1-9-7-13(17-16-9)12-8-10(4-6-15-12)11-3-2-5-14-11/h4,6-8,11,14H,2-3,5H2,1H3,(H,16,17). The van der Waals surface area contributed by atoms with Gasteiger partial charge in [-0.15, -0.1) is 0 Å². The Balaban J connectivity index is 1.93. The quantitative estimate of drug-likeness (QED) is 0.828. The van der Waals surface area contributed by atoms with Gasteiger partial charge in [0.1, 0.15) is 5.69 Å². The lowest BCUT2D eigenvalue weighted by Gasteiger charge is -2.10. The second-order valence-electron chi connectivity index (χ2n) is 4.56. The molecule has 0 aromatic carbocycles. The average Bonchev–Trinajstić information content (AvgIpc) is 3.00. The van der Waals surface area contributed by atoms with Gasteiger partial charge in [-0.1, -0.05) is 0 Å². The molecule has 1 atom stereocenters. The lowest BCUT2D eigenvalue weighted by molar-refractivity contribution is 0.647. The van der Waals surface area contributed by atoms with Crippen molar-refractivity contribution in [3.8, 4) is 11.4 Å². The minimum Gasteiger partial charge on any atom is -0.310 e. The van der Waals surface area contributed by atoms with Crippen LogP contribution in [-0.4, -0.2) is 21.7 Å². The maximum Gasteiger partial charge on any atom is 0.111 e. The zero-order valence-electron chi connectivity index (χ0n) is 9.90. The predicted molar refractivity (Wildman–Crippen MR) is 66.5 cm³/mol. The molecule has 0 amide bonds. The van der Waals surface area contributed by atoms with E-state index in [0.29, 0.717) is 6.04 Å². The van der Waals surface area contributed by atoms with Gasteiger partial charge in [0.05, 0.1) is 5.69 Å². The van der Waals surface area contributed by atoms with E-state index in [9.17, 15) is 0 Å². The molecular formula is C13H16N4. The Morgan fingerprint density at radius 2 is 2.24 bits per heavy atom. The number of hydrogen-bond donors (Lipinski definition) is 2. The fourth-order valence-corrected chi connectivity index (χ4v) is 2.32. The van der Waals surface area contributed by atoms with Crippen molar-refractivity contribution in [2.24, 2.45) is 0 Å². The lowest BCUT2D eigenvalue weighted by Crippen LogP contribution is -2.12. The fraction of sp³-hybridized carbons (Fsp3) is 0.385. The number of hydrogen-bond acceptors (Lipinski definition) is 3. The molecule has 0 bridgehead atoms. The highest BCUT2D eigenvalue weighted by Crippen LogP contribution is 2.25. The van der Waals surface area contributed by atoms with E-state index in [1.807, 2.05) is 19.2 Å². The molecule has 2 aromatic rings. The minimum absolute atomic E-state index is 0.483. The Bertz CT molecular complexity index is 512. The van der Waals surface area contributed by atoms with Crippen LogP contribution >= 0.6 is 0 Å². The van der Waals surface area contributed by atoms with Gasteiger partial charge >= 0.3 is 0 Å². The molecule has 3 rings (SSSR count). The molecule has 1 aliphatic rings. The van der Waals surface area contributed by atoms with Gasteiger partial charge in [-0.05, 0) is 50.1 Å². The van der Waals surface area contributed by atoms with Crippen LogP contribution in [0.1, 0.15) is 30.1 Å². The van der Waals surface area contributed by atoms with E-state index in [4.69, 9.17) is 0 Å². The van der Waals surface area contributed by atoms with Crippen LogP contribution < -0.4 is 5.32 Å². The molecule has 4 nitrogen and oxygen atoms in total. The van der Waals surface area contributed by atoms with Crippen LogP contribution in [0.2, 0.25) is 0 Å². The smallest absolute Gasteiger partial charge is 0.111 e. The van der Waals surface area contributed by atoms with Gasteiger partial charge in [0.15, 0.2) is 0 Å². The number of rotatable bonds is 2. The zero-order valence-corrected chi connectivity index (χ0v) is 9.90. The van der Waals surface area contributed by atoms with E-state index in [-0.39, 0.29) is 0 Å². The van der Waals surface area contributed by atoms with Gasteiger partial charge in [0.25, 0.3) is 0 Å². The molecule has 0 aliphatic carbocycles. The molecule has 4 heteroatoms. The van der Waals surface area contributed by atoms with Crippen LogP contribution in [0, 0.1) is 6.92 Å². The highest BCUT2D eigenvalue weighted by Gasteiger charge is 2.17. The van der Waals surface area contributed by atoms with Crippen molar-refractivity contribution in [2.45, 2.75) is 25.8 Å². The molecule has 1 unspecified atom stereocenters. The first-order valence-electron chi connectivity index (χ1n) is 6.04. The van der Waals surface area contributed by atoms with E-state index < -0.39 is 0 Å². The Hall–Kier alpha value is -1.68. The van der Waals surface area contributed by atoms with Crippen LogP contribution in [0.3, 0.4) is 0 Å². The van der Waals surface area contributed by atoms with Gasteiger partial charge in [0.2, 0.25) is 0 Å². The van der Waals surface area contributed by atoms with Crippen LogP contribution in [0.5, 0.6) is 0 Å². The van der Waals surface area contributed by atoms with Crippen molar-refractivity contribution in [2.75, 3.05) is 6.54 Å². The predicted octanol–water partition coefficient (Wildman–Crippen LogP) is 2.20. The van der Waals surface area contributed by atoms with Crippen LogP contribution in [-0.2, 0) is 0 Å². The molecular weight excluding hydrogens is 212 g/mol. The highest BCUT2D eigenvalue weighted by atomic mass is 15.1. The summed E-state index contributed by atoms with van der Waals surface area (Å²) in [5.74, 6) is 0. The van der Waals surface area contributed by atoms with Crippen molar-refractivity contribution < 1.29 is 0 Å². The topological polar surface area (TPSA) is 53.6 Å². The van der Waals surface area contributed by atoms with Crippen LogP contribution in [0.4, 0.5) is 0 Å². The second-order valence-corrected chi connectivity index (χ2v) is 4.56. The number of aryl methyl sites for hydroxylation is 1. The monoisotopic (exact) mass is 228 g/mol. The van der Waals surface area contributed by atoms with E-state index in [2.05, 4.69) is 32.6 Å². The Labute approximate surface area is 100 Å². The summed E-state index contributed by atoms with van der Waals surface area (Å²) in [5, 5.41) is 10.7. The Kier molecular flexibility index (Phi) is 2.65. The average molecular weight is 228 g/mol. The molecule has 0 radical (unpaired) electrons. The first-order valence-corrected chi connectivity index (χ1v) is 6.04. The first-order chi connectivity index (χ1) is 8.33. The molecule has 1 aliphatic heterocycles. The van der Waals surface area contributed by atoms with Gasteiger partial charge in [-0.25, -0.2) is 0 Å². The van der Waals surface area contributed by atoms with Gasteiger partial charge in [-0.2, -0.15) is 5.10 Å². The van der Waals surface area contributed by atoms with E-state index in [1.54, 1.807) is 0 Å². The summed E-state index contributed by atoms with van der Waals surface area (Å²) in [5.41, 5.74) is 4.24. The van der Waals surface area contributed by atoms with Crippen molar-refractivity contribution in [3.63, 3.8) is 0 Å². The third-order valence-corrected chi connectivity index (χ3v) is 3.22. The van der Waals surface area contributed by atoms with E-state index >= 15 is 0 Å². The summed E-state index contributed by atoms with van der Waals surface area (Å²) in [4.78, 5) is 4.38. The first kappa shape index (κ1) is 10.5. The summed E-state index contributed by atoms with van der Waals surface area (Å²) in [7, 11) is 0. The van der Waals surface area contributed by atoms with E-state index in [1.165, 1.54) is 18.4 Å². The number of H-pyrrole nitrogens is 1. The Morgan fingerprint density at radius 1 is 1.29 bits per heavy atom. The summed E-state index contributed by atoms with van der Waals surface area (Å²) in [6.07, 6.45) is 4.33. The van der Waals surface area contributed by atoms with Crippen LogP contribution in [0.15, 0.2) is 24.4 Å². The number of nitrogens with one attached hydrogen (secondary N) is 2. The van der Waals surface area contributed by atoms with Gasteiger partial charge in [0, 0.05) is 17.9 Å². The largest absolute Gasteiger partial charge is 0.310 e. The van der Waals surface area contributed by atoms with Crippen LogP contribution in [0.25, 0.3) is 11.4 Å². The number of aromatic nitrogens is 3. The molecule has 0 spiro atoms. The molecule has 2 N–H and O–H groups in total. The molecule has 1 saturated heterocycles. The molecule has 2 aromatic heterocycles. The maximum absolute atomic E-state index is 4.38. The third-order valence-electron chi connectivity index (χ3n) is 3.22. The van der Waals surface area contributed by atoms with Gasteiger partial charge in [-0.3, -0.25) is 10.1 Å². The molecule has 17 heavy (non-hydrogen) atoms.